The van der Waals surface area contributed by atoms with Crippen LogP contribution in [0, 0.1) is 12.3 Å². The van der Waals surface area contributed by atoms with Crippen LogP contribution < -0.4 is 4.74 Å². The third-order valence-electron chi connectivity index (χ3n) is 7.71. The molecule has 1 heterocycles. The van der Waals surface area contributed by atoms with Gasteiger partial charge >= 0.3 is 5.97 Å². The fraction of sp³-hybridized carbons (Fsp3) is 0.448. The second-order valence-corrected chi connectivity index (χ2v) is 10.2. The van der Waals surface area contributed by atoms with E-state index in [1.807, 2.05) is 45.0 Å². The lowest BCUT2D eigenvalue weighted by molar-refractivity contribution is -0.137. The molecule has 1 atom stereocenters. The van der Waals surface area contributed by atoms with Crippen molar-refractivity contribution in [1.29, 1.82) is 0 Å². The van der Waals surface area contributed by atoms with Crippen molar-refractivity contribution in [2.75, 3.05) is 0 Å². The van der Waals surface area contributed by atoms with Crippen LogP contribution in [0.5, 0.6) is 5.75 Å². The van der Waals surface area contributed by atoms with Crippen LogP contribution in [0.1, 0.15) is 87.0 Å². The Hall–Kier alpha value is -3.08. The number of carbonyl (C=O) groups excluding carboxylic acids is 1. The maximum absolute atomic E-state index is 12.8. The number of rotatable bonds is 7. The monoisotopic (exact) mass is 462 g/mol. The van der Waals surface area contributed by atoms with E-state index in [2.05, 4.69) is 26.0 Å². The molecular weight excluding hydrogens is 428 g/mol. The zero-order valence-electron chi connectivity index (χ0n) is 20.7. The first kappa shape index (κ1) is 24.1. The quantitative estimate of drug-likeness (QED) is 0.406. The zero-order chi connectivity index (χ0) is 24.7. The molecule has 0 radical (unpaired) electrons. The molecule has 1 N–H and O–H groups in total. The highest BCUT2D eigenvalue weighted by Gasteiger charge is 2.39. The lowest BCUT2D eigenvalue weighted by atomic mass is 9.70. The topological polar surface area (TPSA) is 76.7 Å². The van der Waals surface area contributed by atoms with Crippen molar-refractivity contribution in [2.45, 2.75) is 78.2 Å². The molecule has 2 aromatic carbocycles. The normalized spacial score (nSPS) is 18.3. The van der Waals surface area contributed by atoms with E-state index >= 15 is 0 Å². The van der Waals surface area contributed by atoms with Crippen molar-refractivity contribution in [3.8, 4) is 5.75 Å². The fourth-order valence-electron chi connectivity index (χ4n) is 5.44. The van der Waals surface area contributed by atoms with E-state index in [1.54, 1.807) is 6.07 Å². The van der Waals surface area contributed by atoms with E-state index in [0.29, 0.717) is 5.58 Å². The molecule has 0 amide bonds. The molecule has 1 aliphatic carbocycles. The number of hydrogen-bond donors (Lipinski definition) is 1. The third kappa shape index (κ3) is 4.13. The first-order chi connectivity index (χ1) is 16.1. The number of ether oxygens (including phenoxy) is 1. The summed E-state index contributed by atoms with van der Waals surface area (Å²) in [6, 6.07) is 13.8. The van der Waals surface area contributed by atoms with Gasteiger partial charge in [-0.25, -0.2) is 4.79 Å². The number of aryl methyl sites for hydroxylation is 1. The third-order valence-corrected chi connectivity index (χ3v) is 7.71. The number of carboxylic acid groups (broad SMARTS) is 1. The molecule has 1 aliphatic rings. The summed E-state index contributed by atoms with van der Waals surface area (Å²) in [7, 11) is 0. The van der Waals surface area contributed by atoms with Crippen molar-refractivity contribution in [3.63, 3.8) is 0 Å². The number of hydrogen-bond acceptors (Lipinski definition) is 4. The summed E-state index contributed by atoms with van der Waals surface area (Å²) in [5.74, 6) is -0.172. The first-order valence-corrected chi connectivity index (χ1v) is 12.2. The number of ketones is 1. The molecule has 1 unspecified atom stereocenters. The standard InChI is InChI=1S/C29H34O5/c1-6-29(7-2,21-11-13-23-19(16-21)17-25(34-23)27(31)32)20-10-12-22(18(3)15-20)33-24-9-8-14-28(4,5)26(24)30/h10-13,15-17,24H,6-9,14H2,1-5H3,(H,31,32). The van der Waals surface area contributed by atoms with Crippen LogP contribution in [0.15, 0.2) is 46.9 Å². The fourth-order valence-corrected chi connectivity index (χ4v) is 5.44. The van der Waals surface area contributed by atoms with Gasteiger partial charge in [0.05, 0.1) is 0 Å². The number of Topliss-reactive ketones (excluding diaryl/α,β-unsaturated/α-hetero) is 1. The largest absolute Gasteiger partial charge is 0.482 e. The van der Waals surface area contributed by atoms with Gasteiger partial charge in [0.1, 0.15) is 11.3 Å². The van der Waals surface area contributed by atoms with E-state index in [-0.39, 0.29) is 28.5 Å². The Labute approximate surface area is 201 Å². The predicted octanol–water partition coefficient (Wildman–Crippen LogP) is 7.07. The van der Waals surface area contributed by atoms with Crippen LogP contribution >= 0.6 is 0 Å². The Bertz CT molecular complexity index is 1230. The summed E-state index contributed by atoms with van der Waals surface area (Å²) in [5.41, 5.74) is 3.32. The molecule has 0 aliphatic heterocycles. The van der Waals surface area contributed by atoms with E-state index < -0.39 is 5.97 Å². The maximum Gasteiger partial charge on any atom is 0.371 e. The highest BCUT2D eigenvalue weighted by atomic mass is 16.5. The predicted molar refractivity (Wildman–Crippen MR) is 133 cm³/mol. The molecule has 34 heavy (non-hydrogen) atoms. The van der Waals surface area contributed by atoms with Gasteiger partial charge in [0.2, 0.25) is 5.76 Å². The van der Waals surface area contributed by atoms with Gasteiger partial charge in [0.15, 0.2) is 11.9 Å². The van der Waals surface area contributed by atoms with Gasteiger partial charge in [-0.2, -0.15) is 0 Å². The Morgan fingerprint density at radius 2 is 1.79 bits per heavy atom. The molecule has 0 bridgehead atoms. The molecule has 180 valence electrons. The highest BCUT2D eigenvalue weighted by molar-refractivity contribution is 5.91. The van der Waals surface area contributed by atoms with E-state index in [9.17, 15) is 14.7 Å². The Balaban J connectivity index is 1.68. The van der Waals surface area contributed by atoms with Crippen molar-refractivity contribution in [2.24, 2.45) is 5.41 Å². The van der Waals surface area contributed by atoms with E-state index in [0.717, 1.165) is 54.4 Å². The molecule has 0 spiro atoms. The molecule has 1 saturated carbocycles. The Kier molecular flexibility index (Phi) is 6.32. The summed E-state index contributed by atoms with van der Waals surface area (Å²) in [6.07, 6.45) is 4.05. The first-order valence-electron chi connectivity index (χ1n) is 12.2. The average Bonchev–Trinajstić information content (AvgIpc) is 3.24. The van der Waals surface area contributed by atoms with Gasteiger partial charge < -0.3 is 14.3 Å². The smallest absolute Gasteiger partial charge is 0.371 e. The van der Waals surface area contributed by atoms with E-state index in [4.69, 9.17) is 9.15 Å². The summed E-state index contributed by atoms with van der Waals surface area (Å²) in [4.78, 5) is 24.2. The lowest BCUT2D eigenvalue weighted by Gasteiger charge is -2.35. The van der Waals surface area contributed by atoms with Crippen molar-refractivity contribution in [3.05, 3.63) is 64.9 Å². The maximum atomic E-state index is 12.8. The number of benzene rings is 2. The summed E-state index contributed by atoms with van der Waals surface area (Å²) >= 11 is 0. The molecule has 1 fully saturated rings. The van der Waals surface area contributed by atoms with Gasteiger partial charge in [-0.1, -0.05) is 45.9 Å². The van der Waals surface area contributed by atoms with Crippen molar-refractivity contribution < 1.29 is 23.8 Å². The van der Waals surface area contributed by atoms with Crippen molar-refractivity contribution in [1.82, 2.24) is 0 Å². The van der Waals surface area contributed by atoms with Crippen molar-refractivity contribution >= 4 is 22.7 Å². The molecule has 4 rings (SSSR count). The summed E-state index contributed by atoms with van der Waals surface area (Å²) in [5, 5.41) is 10.1. The van der Waals surface area contributed by atoms with Gasteiger partial charge in [-0.3, -0.25) is 4.79 Å². The second-order valence-electron chi connectivity index (χ2n) is 10.2. The molecule has 3 aromatic rings. The van der Waals surface area contributed by atoms with Crippen LogP contribution in [0.4, 0.5) is 0 Å². The van der Waals surface area contributed by atoms with E-state index in [1.165, 1.54) is 5.56 Å². The number of carbonyl (C=O) groups is 2. The lowest BCUT2D eigenvalue weighted by Crippen LogP contribution is -2.42. The second kappa shape index (κ2) is 8.94. The number of aromatic carboxylic acids is 1. The molecular formula is C29H34O5. The van der Waals surface area contributed by atoms with Gasteiger partial charge in [0.25, 0.3) is 0 Å². The zero-order valence-corrected chi connectivity index (χ0v) is 20.7. The van der Waals surface area contributed by atoms with Crippen LogP contribution in [-0.4, -0.2) is 23.0 Å². The van der Waals surface area contributed by atoms with Gasteiger partial charge in [-0.15, -0.1) is 0 Å². The van der Waals surface area contributed by atoms with Crippen LogP contribution in [-0.2, 0) is 10.2 Å². The van der Waals surface area contributed by atoms with Crippen LogP contribution in [0.25, 0.3) is 11.0 Å². The molecule has 5 heteroatoms. The molecule has 5 nitrogen and oxygen atoms in total. The minimum atomic E-state index is -1.07. The Morgan fingerprint density at radius 1 is 1.12 bits per heavy atom. The average molecular weight is 463 g/mol. The van der Waals surface area contributed by atoms with Crippen LogP contribution in [0.2, 0.25) is 0 Å². The minimum Gasteiger partial charge on any atom is -0.482 e. The Morgan fingerprint density at radius 3 is 2.44 bits per heavy atom. The minimum absolute atomic E-state index is 0.0523. The highest BCUT2D eigenvalue weighted by Crippen LogP contribution is 2.42. The molecule has 0 saturated heterocycles. The van der Waals surface area contributed by atoms with Gasteiger partial charge in [-0.05, 0) is 80.0 Å². The number of furan rings is 1. The summed E-state index contributed by atoms with van der Waals surface area (Å²) < 4.78 is 11.7. The molecule has 1 aromatic heterocycles. The summed E-state index contributed by atoms with van der Waals surface area (Å²) in [6.45, 7) is 10.4. The number of fused-ring (bicyclic) bond motifs is 1. The van der Waals surface area contributed by atoms with Gasteiger partial charge in [0, 0.05) is 16.2 Å². The SMILES string of the molecule is CCC(CC)(c1ccc(OC2CCCC(C)(C)C2=O)c(C)c1)c1ccc2oc(C(=O)O)cc2c1. The van der Waals surface area contributed by atoms with Crippen LogP contribution in [0.3, 0.4) is 0 Å². The number of carboxylic acids is 1.